The molecule has 0 radical (unpaired) electrons. The van der Waals surface area contributed by atoms with Gasteiger partial charge in [0.05, 0.1) is 18.1 Å². The molecule has 0 atom stereocenters. The Hall–Kier alpha value is -1.44. The summed E-state index contributed by atoms with van der Waals surface area (Å²) in [4.78, 5) is 11.8. The highest BCUT2D eigenvalue weighted by atomic mass is 32.2. The Morgan fingerprint density at radius 2 is 2.05 bits per heavy atom. The number of hydrogen-bond acceptors (Lipinski definition) is 4. The molecule has 1 aliphatic rings. The summed E-state index contributed by atoms with van der Waals surface area (Å²) in [6.07, 6.45) is 1.16. The van der Waals surface area contributed by atoms with Crippen molar-refractivity contribution in [2.45, 2.75) is 24.7 Å². The van der Waals surface area contributed by atoms with Crippen LogP contribution in [0.4, 0.5) is 5.69 Å². The summed E-state index contributed by atoms with van der Waals surface area (Å²) in [6, 6.07) is 6.36. The first kappa shape index (κ1) is 15.9. The zero-order valence-corrected chi connectivity index (χ0v) is 12.9. The molecule has 1 saturated heterocycles. The summed E-state index contributed by atoms with van der Waals surface area (Å²) in [7, 11) is -3.53. The van der Waals surface area contributed by atoms with Gasteiger partial charge in [-0.2, -0.15) is 4.31 Å². The van der Waals surface area contributed by atoms with Crippen LogP contribution >= 0.6 is 0 Å². The number of rotatable bonds is 5. The number of carbonyl (C=O) groups excluding carboxylic acids is 1. The van der Waals surface area contributed by atoms with Gasteiger partial charge in [0.2, 0.25) is 15.9 Å². The highest BCUT2D eigenvalue weighted by molar-refractivity contribution is 7.89. The maximum absolute atomic E-state index is 12.5. The zero-order valence-electron chi connectivity index (χ0n) is 12.0. The number of sulfonamides is 1. The Morgan fingerprint density at radius 3 is 2.71 bits per heavy atom. The van der Waals surface area contributed by atoms with Gasteiger partial charge >= 0.3 is 0 Å². The van der Waals surface area contributed by atoms with Crippen molar-refractivity contribution in [3.8, 4) is 0 Å². The van der Waals surface area contributed by atoms with Crippen LogP contribution < -0.4 is 5.32 Å². The first-order valence-electron chi connectivity index (χ1n) is 7.02. The quantitative estimate of drug-likeness (QED) is 0.893. The van der Waals surface area contributed by atoms with Crippen LogP contribution in [0.2, 0.25) is 0 Å². The Bertz CT molecular complexity index is 595. The normalized spacial score (nSPS) is 16.6. The summed E-state index contributed by atoms with van der Waals surface area (Å²) in [5.41, 5.74) is 0.503. The number of carbonyl (C=O) groups is 1. The molecule has 0 bridgehead atoms. The minimum absolute atomic E-state index is 0.113. The van der Waals surface area contributed by atoms with Crippen molar-refractivity contribution in [2.75, 3.05) is 31.6 Å². The lowest BCUT2D eigenvalue weighted by Gasteiger charge is -2.26. The van der Waals surface area contributed by atoms with Gasteiger partial charge < -0.3 is 10.1 Å². The molecule has 0 saturated carbocycles. The second-order valence-electron chi connectivity index (χ2n) is 4.84. The van der Waals surface area contributed by atoms with E-state index in [9.17, 15) is 13.2 Å². The van der Waals surface area contributed by atoms with Crippen molar-refractivity contribution in [3.05, 3.63) is 24.3 Å². The lowest BCUT2D eigenvalue weighted by atomic mass is 10.3. The van der Waals surface area contributed by atoms with Crippen LogP contribution in [0.3, 0.4) is 0 Å². The van der Waals surface area contributed by atoms with Gasteiger partial charge in [0.1, 0.15) is 0 Å². The SMILES string of the molecule is CCCC(=O)Nc1cccc(S(=O)(=O)N2CCOCC2)c1. The fourth-order valence-corrected chi connectivity index (χ4v) is 3.58. The molecule has 1 aromatic carbocycles. The molecule has 6 nitrogen and oxygen atoms in total. The van der Waals surface area contributed by atoms with Crippen molar-refractivity contribution in [1.29, 1.82) is 0 Å². The van der Waals surface area contributed by atoms with E-state index >= 15 is 0 Å². The molecule has 0 aliphatic carbocycles. The summed E-state index contributed by atoms with van der Waals surface area (Å²) in [5, 5.41) is 2.71. The highest BCUT2D eigenvalue weighted by Crippen LogP contribution is 2.20. The fraction of sp³-hybridized carbons (Fsp3) is 0.500. The topological polar surface area (TPSA) is 75.7 Å². The van der Waals surface area contributed by atoms with Crippen LogP contribution in [0.1, 0.15) is 19.8 Å². The molecule has 0 spiro atoms. The van der Waals surface area contributed by atoms with Gasteiger partial charge in [0, 0.05) is 25.2 Å². The number of ether oxygens (including phenoxy) is 1. The zero-order chi connectivity index (χ0) is 15.3. The van der Waals surface area contributed by atoms with Crippen molar-refractivity contribution < 1.29 is 17.9 Å². The first-order valence-corrected chi connectivity index (χ1v) is 8.46. The Balaban J connectivity index is 2.17. The number of anilines is 1. The molecule has 21 heavy (non-hydrogen) atoms. The van der Waals surface area contributed by atoms with Gasteiger partial charge in [-0.15, -0.1) is 0 Å². The largest absolute Gasteiger partial charge is 0.379 e. The summed E-state index contributed by atoms with van der Waals surface area (Å²) in [6.45, 7) is 3.45. The lowest BCUT2D eigenvalue weighted by molar-refractivity contribution is -0.116. The fourth-order valence-electron chi connectivity index (χ4n) is 2.12. The molecule has 1 N–H and O–H groups in total. The average Bonchev–Trinajstić information content (AvgIpc) is 2.48. The molecule has 0 aromatic heterocycles. The maximum atomic E-state index is 12.5. The van der Waals surface area contributed by atoms with Crippen LogP contribution in [0.15, 0.2) is 29.2 Å². The van der Waals surface area contributed by atoms with E-state index in [0.29, 0.717) is 38.4 Å². The highest BCUT2D eigenvalue weighted by Gasteiger charge is 2.26. The molecule has 2 rings (SSSR count). The van der Waals surface area contributed by atoms with Gasteiger partial charge in [-0.3, -0.25) is 4.79 Å². The third kappa shape index (κ3) is 4.03. The molecule has 1 amide bonds. The second-order valence-corrected chi connectivity index (χ2v) is 6.78. The van der Waals surface area contributed by atoms with Crippen molar-refractivity contribution in [1.82, 2.24) is 4.31 Å². The molecule has 1 fully saturated rings. The van der Waals surface area contributed by atoms with Crippen molar-refractivity contribution in [2.24, 2.45) is 0 Å². The van der Waals surface area contributed by atoms with E-state index in [0.717, 1.165) is 6.42 Å². The van der Waals surface area contributed by atoms with Crippen LogP contribution in [0.5, 0.6) is 0 Å². The Morgan fingerprint density at radius 1 is 1.33 bits per heavy atom. The van der Waals surface area contributed by atoms with E-state index in [-0.39, 0.29) is 10.8 Å². The second kappa shape index (κ2) is 7.02. The van der Waals surface area contributed by atoms with Crippen LogP contribution in [0.25, 0.3) is 0 Å². The molecular weight excluding hydrogens is 292 g/mol. The minimum atomic E-state index is -3.53. The number of nitrogens with zero attached hydrogens (tertiary/aromatic N) is 1. The minimum Gasteiger partial charge on any atom is -0.379 e. The third-order valence-corrected chi connectivity index (χ3v) is 5.10. The maximum Gasteiger partial charge on any atom is 0.243 e. The average molecular weight is 312 g/mol. The predicted molar refractivity (Wildman–Crippen MR) is 79.6 cm³/mol. The number of amides is 1. The molecule has 7 heteroatoms. The Labute approximate surface area is 125 Å². The van der Waals surface area contributed by atoms with E-state index in [4.69, 9.17) is 4.74 Å². The van der Waals surface area contributed by atoms with Crippen LogP contribution in [-0.2, 0) is 19.6 Å². The van der Waals surface area contributed by atoms with Crippen LogP contribution in [-0.4, -0.2) is 44.9 Å². The van der Waals surface area contributed by atoms with E-state index < -0.39 is 10.0 Å². The van der Waals surface area contributed by atoms with E-state index in [2.05, 4.69) is 5.32 Å². The number of nitrogens with one attached hydrogen (secondary N) is 1. The van der Waals surface area contributed by atoms with Gasteiger partial charge in [0.15, 0.2) is 0 Å². The van der Waals surface area contributed by atoms with Crippen molar-refractivity contribution >= 4 is 21.6 Å². The third-order valence-electron chi connectivity index (χ3n) is 3.20. The van der Waals surface area contributed by atoms with Gasteiger partial charge in [-0.25, -0.2) is 8.42 Å². The van der Waals surface area contributed by atoms with Crippen LogP contribution in [0, 0.1) is 0 Å². The monoisotopic (exact) mass is 312 g/mol. The molecule has 1 aliphatic heterocycles. The molecule has 116 valence electrons. The van der Waals surface area contributed by atoms with E-state index in [1.54, 1.807) is 18.2 Å². The van der Waals surface area contributed by atoms with Gasteiger partial charge in [-0.05, 0) is 24.6 Å². The molecular formula is C14H20N2O4S. The lowest BCUT2D eigenvalue weighted by Crippen LogP contribution is -2.40. The smallest absolute Gasteiger partial charge is 0.243 e. The first-order chi connectivity index (χ1) is 10.0. The molecule has 1 heterocycles. The number of hydrogen-bond donors (Lipinski definition) is 1. The van der Waals surface area contributed by atoms with Crippen molar-refractivity contribution in [3.63, 3.8) is 0 Å². The molecule has 0 unspecified atom stereocenters. The molecule has 1 aromatic rings. The van der Waals surface area contributed by atoms with Gasteiger partial charge in [0.25, 0.3) is 0 Å². The van der Waals surface area contributed by atoms with Gasteiger partial charge in [-0.1, -0.05) is 13.0 Å². The summed E-state index contributed by atoms with van der Waals surface area (Å²) >= 11 is 0. The number of benzene rings is 1. The predicted octanol–water partition coefficient (Wildman–Crippen LogP) is 1.45. The standard InChI is InChI=1S/C14H20N2O4S/c1-2-4-14(17)15-12-5-3-6-13(11-12)21(18,19)16-7-9-20-10-8-16/h3,5-6,11H,2,4,7-10H2,1H3,(H,15,17). The van der Waals surface area contributed by atoms with E-state index in [1.165, 1.54) is 10.4 Å². The van der Waals surface area contributed by atoms with E-state index in [1.807, 2.05) is 6.92 Å². The summed E-state index contributed by atoms with van der Waals surface area (Å²) < 4.78 is 31.6. The number of morpholine rings is 1. The Kier molecular flexibility index (Phi) is 5.33. The summed E-state index contributed by atoms with van der Waals surface area (Å²) in [5.74, 6) is -0.113.